The third-order valence-electron chi connectivity index (χ3n) is 14.6. The topological polar surface area (TPSA) is 40.5 Å². The first-order chi connectivity index (χ1) is 15.2. The van der Waals surface area contributed by atoms with Gasteiger partial charge >= 0.3 is 0 Å². The van der Waals surface area contributed by atoms with E-state index in [9.17, 15) is 10.2 Å². The lowest BCUT2D eigenvalue weighted by Gasteiger charge is -2.76. The van der Waals surface area contributed by atoms with Gasteiger partial charge in [0.15, 0.2) is 0 Å². The fourth-order valence-electron chi connectivity index (χ4n) is 11.6. The first-order valence-electron chi connectivity index (χ1n) is 14.2. The average Bonchev–Trinajstić information content (AvgIpc) is 2.75. The molecule has 2 heteroatoms. The summed E-state index contributed by atoms with van der Waals surface area (Å²) in [5, 5.41) is 21.2. The SMILES string of the molecule is C[C@@H]1C(CO)=CC[C@]2(C)CC[C@]3(C)[C@H](CC[C@@H]4[C@@]5(C)CC[C@H](O)C(C)(C)[C@]5(C)CC[C@]43C)[C@H]12. The first-order valence-corrected chi connectivity index (χ1v) is 14.2. The van der Waals surface area contributed by atoms with Crippen molar-refractivity contribution < 1.29 is 10.2 Å². The Morgan fingerprint density at radius 1 is 0.818 bits per heavy atom. The zero-order chi connectivity index (χ0) is 24.2. The van der Waals surface area contributed by atoms with Crippen LogP contribution in [0.15, 0.2) is 11.6 Å². The highest BCUT2D eigenvalue weighted by Crippen LogP contribution is 2.79. The van der Waals surface area contributed by atoms with Gasteiger partial charge in [-0.15, -0.1) is 0 Å². The summed E-state index contributed by atoms with van der Waals surface area (Å²) in [6.07, 6.45) is 13.5. The van der Waals surface area contributed by atoms with E-state index in [1.807, 2.05) is 0 Å². The van der Waals surface area contributed by atoms with Gasteiger partial charge < -0.3 is 10.2 Å². The molecule has 0 radical (unpaired) electrons. The number of hydrogen-bond donors (Lipinski definition) is 2. The Morgan fingerprint density at radius 3 is 2.15 bits per heavy atom. The Hall–Kier alpha value is -0.340. The van der Waals surface area contributed by atoms with Gasteiger partial charge in [-0.2, -0.15) is 0 Å². The minimum atomic E-state index is -0.172. The summed E-state index contributed by atoms with van der Waals surface area (Å²) in [4.78, 5) is 0. The molecule has 0 bridgehead atoms. The highest BCUT2D eigenvalue weighted by molar-refractivity contribution is 5.24. The van der Waals surface area contributed by atoms with Gasteiger partial charge in [-0.25, -0.2) is 0 Å². The van der Waals surface area contributed by atoms with Crippen molar-refractivity contribution in [1.29, 1.82) is 0 Å². The first kappa shape index (κ1) is 24.4. The van der Waals surface area contributed by atoms with Crippen LogP contribution in [-0.2, 0) is 0 Å². The highest BCUT2D eigenvalue weighted by atomic mass is 16.3. The molecule has 0 spiro atoms. The summed E-state index contributed by atoms with van der Waals surface area (Å²) in [5.41, 5.74) is 2.91. The van der Waals surface area contributed by atoms with Crippen LogP contribution in [0.5, 0.6) is 0 Å². The van der Waals surface area contributed by atoms with Crippen molar-refractivity contribution in [2.45, 2.75) is 119 Å². The molecule has 4 saturated carbocycles. The second kappa shape index (κ2) is 7.12. The largest absolute Gasteiger partial charge is 0.393 e. The van der Waals surface area contributed by atoms with E-state index >= 15 is 0 Å². The van der Waals surface area contributed by atoms with Crippen LogP contribution >= 0.6 is 0 Å². The monoisotopic (exact) mass is 456 g/mol. The maximum Gasteiger partial charge on any atom is 0.0644 e. The lowest BCUT2D eigenvalue weighted by atomic mass is 9.29. The van der Waals surface area contributed by atoms with E-state index in [4.69, 9.17) is 0 Å². The summed E-state index contributed by atoms with van der Waals surface area (Å²) >= 11 is 0. The Bertz CT molecular complexity index is 844. The summed E-state index contributed by atoms with van der Waals surface area (Å²) in [7, 11) is 0. The van der Waals surface area contributed by atoms with Crippen molar-refractivity contribution in [1.82, 2.24) is 0 Å². The van der Waals surface area contributed by atoms with Gasteiger partial charge in [-0.1, -0.05) is 61.5 Å². The van der Waals surface area contributed by atoms with Crippen LogP contribution < -0.4 is 0 Å². The van der Waals surface area contributed by atoms with Crippen molar-refractivity contribution >= 4 is 0 Å². The van der Waals surface area contributed by atoms with Crippen LogP contribution in [0.25, 0.3) is 0 Å². The Labute approximate surface area is 204 Å². The molecule has 0 unspecified atom stereocenters. The van der Waals surface area contributed by atoms with Crippen molar-refractivity contribution in [2.75, 3.05) is 6.61 Å². The van der Waals surface area contributed by atoms with Crippen LogP contribution in [0.1, 0.15) is 113 Å². The standard InChI is InChI=1S/C31H52O2/c1-20-21(19-32)11-13-27(4)15-16-28(5)22(25(20)27)9-10-23-29(28,6)17-18-31(8)26(2,3)24(33)12-14-30(23,31)7/h11,20,22-25,32-33H,9-10,12-19H2,1-8H3/t20-,22-,23+,24+,25+,27-,28-,29-,30-,31+/m1/s1. The minimum Gasteiger partial charge on any atom is -0.393 e. The molecule has 5 aliphatic carbocycles. The van der Waals surface area contributed by atoms with Crippen molar-refractivity contribution in [2.24, 2.45) is 56.2 Å². The normalized spacial score (nSPS) is 57.8. The molecule has 2 N–H and O–H groups in total. The van der Waals surface area contributed by atoms with Crippen LogP contribution in [0, 0.1) is 56.2 Å². The quantitative estimate of drug-likeness (QED) is 0.404. The third kappa shape index (κ3) is 2.69. The van der Waals surface area contributed by atoms with Crippen molar-refractivity contribution in [3.8, 4) is 0 Å². The van der Waals surface area contributed by atoms with Gasteiger partial charge in [0.2, 0.25) is 0 Å². The molecule has 0 aromatic rings. The minimum absolute atomic E-state index is 0.0249. The maximum absolute atomic E-state index is 11.1. The molecule has 2 nitrogen and oxygen atoms in total. The fourth-order valence-corrected chi connectivity index (χ4v) is 11.6. The second-order valence-corrected chi connectivity index (χ2v) is 15.2. The van der Waals surface area contributed by atoms with Gasteiger partial charge in [-0.05, 0) is 120 Å². The fraction of sp³-hybridized carbons (Fsp3) is 0.935. The lowest BCUT2D eigenvalue weighted by molar-refractivity contribution is -0.281. The molecule has 10 atom stereocenters. The molecule has 188 valence electrons. The van der Waals surface area contributed by atoms with E-state index in [-0.39, 0.29) is 23.5 Å². The molecular formula is C31H52O2. The van der Waals surface area contributed by atoms with Crippen LogP contribution in [0.3, 0.4) is 0 Å². The van der Waals surface area contributed by atoms with E-state index in [1.165, 1.54) is 50.5 Å². The highest BCUT2D eigenvalue weighted by Gasteiger charge is 2.72. The van der Waals surface area contributed by atoms with Gasteiger partial charge in [0.25, 0.3) is 0 Å². The zero-order valence-electron chi connectivity index (χ0n) is 22.9. The molecule has 5 aliphatic rings. The van der Waals surface area contributed by atoms with Crippen LogP contribution in [-0.4, -0.2) is 22.9 Å². The smallest absolute Gasteiger partial charge is 0.0644 e. The van der Waals surface area contributed by atoms with Crippen molar-refractivity contribution in [3.05, 3.63) is 11.6 Å². The number of aliphatic hydroxyl groups is 2. The molecule has 0 saturated heterocycles. The molecule has 33 heavy (non-hydrogen) atoms. The van der Waals surface area contributed by atoms with Gasteiger partial charge in [0.05, 0.1) is 12.7 Å². The molecule has 0 aromatic carbocycles. The predicted molar refractivity (Wildman–Crippen MR) is 137 cm³/mol. The van der Waals surface area contributed by atoms with E-state index in [1.54, 1.807) is 0 Å². The lowest BCUT2D eigenvalue weighted by Crippen LogP contribution is -2.70. The van der Waals surface area contributed by atoms with Gasteiger partial charge in [0.1, 0.15) is 0 Å². The summed E-state index contributed by atoms with van der Waals surface area (Å²) in [6.45, 7) is 20.5. The van der Waals surface area contributed by atoms with Gasteiger partial charge in [-0.3, -0.25) is 0 Å². The molecule has 0 amide bonds. The molecule has 0 heterocycles. The zero-order valence-corrected chi connectivity index (χ0v) is 22.9. The van der Waals surface area contributed by atoms with Crippen molar-refractivity contribution in [3.63, 3.8) is 0 Å². The molecule has 5 rings (SSSR count). The number of aliphatic hydroxyl groups excluding tert-OH is 2. The Balaban J connectivity index is 1.57. The Kier molecular flexibility index (Phi) is 5.25. The average molecular weight is 457 g/mol. The number of fused-ring (bicyclic) bond motifs is 7. The molecule has 0 aliphatic heterocycles. The second-order valence-electron chi connectivity index (χ2n) is 15.2. The Morgan fingerprint density at radius 2 is 1.48 bits per heavy atom. The summed E-state index contributed by atoms with van der Waals surface area (Å²) < 4.78 is 0. The maximum atomic E-state index is 11.1. The van der Waals surface area contributed by atoms with Gasteiger partial charge in [0, 0.05) is 0 Å². The van der Waals surface area contributed by atoms with Crippen LogP contribution in [0.4, 0.5) is 0 Å². The van der Waals surface area contributed by atoms with E-state index in [0.29, 0.717) is 33.5 Å². The van der Waals surface area contributed by atoms with Crippen LogP contribution in [0.2, 0.25) is 0 Å². The van der Waals surface area contributed by atoms with E-state index in [0.717, 1.165) is 24.7 Å². The summed E-state index contributed by atoms with van der Waals surface area (Å²) in [5.74, 6) is 2.71. The summed E-state index contributed by atoms with van der Waals surface area (Å²) in [6, 6.07) is 0. The molecular weight excluding hydrogens is 404 g/mol. The number of rotatable bonds is 1. The molecule has 4 fully saturated rings. The van der Waals surface area contributed by atoms with E-state index < -0.39 is 0 Å². The van der Waals surface area contributed by atoms with E-state index in [2.05, 4.69) is 61.5 Å². The number of hydrogen-bond acceptors (Lipinski definition) is 2. The predicted octanol–water partition coefficient (Wildman–Crippen LogP) is 7.39. The molecule has 0 aromatic heterocycles. The third-order valence-corrected chi connectivity index (χ3v) is 14.6. The number of allylic oxidation sites excluding steroid dienone is 1.